The van der Waals surface area contributed by atoms with Gasteiger partial charge in [-0.15, -0.1) is 0 Å². The van der Waals surface area contributed by atoms with E-state index in [0.717, 1.165) is 28.2 Å². The highest BCUT2D eigenvalue weighted by molar-refractivity contribution is 7.54. The largest absolute Gasteiger partial charge is 0.497 e. The van der Waals surface area contributed by atoms with Crippen LogP contribution < -0.4 is 4.74 Å². The predicted octanol–water partition coefficient (Wildman–Crippen LogP) is 6.37. The van der Waals surface area contributed by atoms with Gasteiger partial charge in [0.1, 0.15) is 5.75 Å². The molecule has 6 heteroatoms. The Labute approximate surface area is 190 Å². The van der Waals surface area contributed by atoms with Gasteiger partial charge in [0.15, 0.2) is 5.78 Å². The second-order valence-electron chi connectivity index (χ2n) is 7.12. The summed E-state index contributed by atoms with van der Waals surface area (Å²) >= 11 is 0. The van der Waals surface area contributed by atoms with Crippen LogP contribution in [0, 0.1) is 0 Å². The van der Waals surface area contributed by atoms with Crippen molar-refractivity contribution in [3.05, 3.63) is 102 Å². The monoisotopic (exact) mass is 451 g/mol. The van der Waals surface area contributed by atoms with Crippen molar-refractivity contribution < 1.29 is 18.3 Å². The minimum absolute atomic E-state index is 0.276. The average molecular weight is 452 g/mol. The summed E-state index contributed by atoms with van der Waals surface area (Å²) in [5, 5.41) is 0. The van der Waals surface area contributed by atoms with E-state index in [1.165, 1.54) is 0 Å². The molecule has 0 aliphatic carbocycles. The highest BCUT2D eigenvalue weighted by atomic mass is 31.2. The van der Waals surface area contributed by atoms with E-state index in [1.54, 1.807) is 7.11 Å². The van der Waals surface area contributed by atoms with E-state index in [1.807, 2.05) is 98.8 Å². The molecule has 3 aromatic carbocycles. The third-order valence-corrected chi connectivity index (χ3v) is 7.20. The summed E-state index contributed by atoms with van der Waals surface area (Å²) in [6.45, 7) is 4.18. The Morgan fingerprint density at radius 2 is 1.31 bits per heavy atom. The van der Waals surface area contributed by atoms with Crippen molar-refractivity contribution in [3.63, 3.8) is 0 Å². The summed E-state index contributed by atoms with van der Waals surface area (Å²) in [5.74, 6) is 0.0621. The van der Waals surface area contributed by atoms with Crippen molar-refractivity contribution in [2.24, 2.45) is 4.99 Å². The van der Waals surface area contributed by atoms with Gasteiger partial charge in [0.05, 0.1) is 26.0 Å². The van der Waals surface area contributed by atoms with E-state index in [4.69, 9.17) is 18.8 Å². The molecule has 32 heavy (non-hydrogen) atoms. The van der Waals surface area contributed by atoms with Gasteiger partial charge < -0.3 is 13.8 Å². The minimum atomic E-state index is -3.53. The summed E-state index contributed by atoms with van der Waals surface area (Å²) in [6, 6.07) is 27.5. The molecule has 168 valence electrons. The number of nitrogens with zero attached hydrogens (tertiary/aromatic N) is 1. The van der Waals surface area contributed by atoms with E-state index in [-0.39, 0.29) is 13.2 Å². The Hall–Kier alpha value is -2.72. The van der Waals surface area contributed by atoms with Crippen LogP contribution in [0.3, 0.4) is 0 Å². The zero-order chi connectivity index (χ0) is 22.8. The molecule has 3 rings (SSSR count). The lowest BCUT2D eigenvalue weighted by atomic mass is 10.0. The molecule has 5 nitrogen and oxygen atoms in total. The highest BCUT2D eigenvalue weighted by Gasteiger charge is 2.36. The van der Waals surface area contributed by atoms with E-state index >= 15 is 0 Å². The van der Waals surface area contributed by atoms with Crippen LogP contribution in [0.5, 0.6) is 5.75 Å². The van der Waals surface area contributed by atoms with Crippen molar-refractivity contribution in [2.45, 2.75) is 26.1 Å². The number of aliphatic imine (C=N–C) groups is 1. The molecule has 0 aromatic heterocycles. The molecule has 3 aromatic rings. The topological polar surface area (TPSA) is 57.1 Å². The molecular weight excluding hydrogens is 421 g/mol. The van der Waals surface area contributed by atoms with Crippen molar-refractivity contribution in [1.29, 1.82) is 0 Å². The molecule has 0 aliphatic rings. The van der Waals surface area contributed by atoms with Crippen LogP contribution in [0.4, 0.5) is 0 Å². The van der Waals surface area contributed by atoms with Crippen molar-refractivity contribution in [3.8, 4) is 5.75 Å². The molecule has 0 saturated heterocycles. The molecule has 0 aliphatic heterocycles. The molecule has 0 bridgehead atoms. The molecule has 0 N–H and O–H groups in total. The van der Waals surface area contributed by atoms with Crippen LogP contribution in [0.25, 0.3) is 0 Å². The van der Waals surface area contributed by atoms with E-state index in [2.05, 4.69) is 0 Å². The van der Waals surface area contributed by atoms with E-state index in [9.17, 15) is 4.57 Å². The summed E-state index contributed by atoms with van der Waals surface area (Å²) in [5.41, 5.74) is 3.61. The van der Waals surface area contributed by atoms with Crippen LogP contribution in [-0.2, 0) is 20.0 Å². The van der Waals surface area contributed by atoms with Gasteiger partial charge in [-0.25, -0.2) is 0 Å². The maximum absolute atomic E-state index is 13.9. The first-order chi connectivity index (χ1) is 15.6. The molecule has 0 saturated carbocycles. The van der Waals surface area contributed by atoms with Gasteiger partial charge in [0.25, 0.3) is 0 Å². The van der Waals surface area contributed by atoms with Gasteiger partial charge in [0.2, 0.25) is 0 Å². The normalized spacial score (nSPS) is 12.2. The SMILES string of the molecule is CCOP(=O)(OCC)C(Cc1ccc(OC)cc1)N=C(c1ccccc1)c1ccccc1. The second-order valence-corrected chi connectivity index (χ2v) is 9.31. The Morgan fingerprint density at radius 1 is 0.812 bits per heavy atom. The van der Waals surface area contributed by atoms with Gasteiger partial charge in [-0.05, 0) is 31.5 Å². The summed E-state index contributed by atoms with van der Waals surface area (Å²) < 4.78 is 30.6. The van der Waals surface area contributed by atoms with Gasteiger partial charge in [0, 0.05) is 17.5 Å². The predicted molar refractivity (Wildman–Crippen MR) is 130 cm³/mol. The lowest BCUT2D eigenvalue weighted by Gasteiger charge is -2.25. The third kappa shape index (κ3) is 6.17. The number of hydrogen-bond donors (Lipinski definition) is 0. The standard InChI is InChI=1S/C26H30NO4P/c1-4-30-32(28,31-5-2)25(20-21-16-18-24(29-3)19-17-21)27-26(22-12-8-6-9-13-22)23-14-10-7-11-15-23/h6-19,25H,4-5,20H2,1-3H3. The van der Waals surface area contributed by atoms with Gasteiger partial charge in [-0.1, -0.05) is 72.8 Å². The van der Waals surface area contributed by atoms with Crippen molar-refractivity contribution >= 4 is 13.3 Å². The second kappa shape index (κ2) is 11.8. The zero-order valence-electron chi connectivity index (χ0n) is 18.8. The number of benzene rings is 3. The molecule has 1 unspecified atom stereocenters. The Kier molecular flexibility index (Phi) is 8.81. The zero-order valence-corrected chi connectivity index (χ0v) is 19.7. The van der Waals surface area contributed by atoms with Crippen LogP contribution in [-0.4, -0.2) is 31.8 Å². The summed E-state index contributed by atoms with van der Waals surface area (Å²) in [7, 11) is -1.90. The fourth-order valence-electron chi connectivity index (χ4n) is 3.43. The molecule has 0 amide bonds. The molecular formula is C26H30NO4P. The van der Waals surface area contributed by atoms with Crippen LogP contribution >= 0.6 is 7.60 Å². The first-order valence-corrected chi connectivity index (χ1v) is 12.4. The first kappa shape index (κ1) is 23.9. The minimum Gasteiger partial charge on any atom is -0.497 e. The van der Waals surface area contributed by atoms with Crippen molar-refractivity contribution in [2.75, 3.05) is 20.3 Å². The smallest absolute Gasteiger partial charge is 0.355 e. The fourth-order valence-corrected chi connectivity index (χ4v) is 5.26. The lowest BCUT2D eigenvalue weighted by molar-refractivity contribution is 0.212. The van der Waals surface area contributed by atoms with Gasteiger partial charge >= 0.3 is 7.60 Å². The van der Waals surface area contributed by atoms with Gasteiger partial charge in [-0.2, -0.15) is 0 Å². The maximum Gasteiger partial charge on any atom is 0.355 e. The summed E-state index contributed by atoms with van der Waals surface area (Å²) in [4.78, 5) is 5.04. The Morgan fingerprint density at radius 3 is 1.75 bits per heavy atom. The van der Waals surface area contributed by atoms with Crippen LogP contribution in [0.1, 0.15) is 30.5 Å². The number of rotatable bonds is 11. The Balaban J connectivity index is 2.11. The van der Waals surface area contributed by atoms with Crippen molar-refractivity contribution in [1.82, 2.24) is 0 Å². The number of methoxy groups -OCH3 is 1. The molecule has 0 fully saturated rings. The Bertz CT molecular complexity index is 985. The molecule has 1 atom stereocenters. The number of hydrogen-bond acceptors (Lipinski definition) is 5. The number of ether oxygens (including phenoxy) is 1. The maximum atomic E-state index is 13.9. The van der Waals surface area contributed by atoms with Crippen LogP contribution in [0.15, 0.2) is 89.9 Å². The van der Waals surface area contributed by atoms with Gasteiger partial charge in [-0.3, -0.25) is 9.56 Å². The highest BCUT2D eigenvalue weighted by Crippen LogP contribution is 2.55. The lowest BCUT2D eigenvalue weighted by Crippen LogP contribution is -2.18. The fraction of sp³-hybridized carbons (Fsp3) is 0.269. The summed E-state index contributed by atoms with van der Waals surface area (Å²) in [6.07, 6.45) is 0.407. The van der Waals surface area contributed by atoms with Crippen LogP contribution in [0.2, 0.25) is 0 Å². The first-order valence-electron chi connectivity index (χ1n) is 10.8. The molecule has 0 radical (unpaired) electrons. The quantitative estimate of drug-likeness (QED) is 0.251. The van der Waals surface area contributed by atoms with E-state index < -0.39 is 13.4 Å². The third-order valence-electron chi connectivity index (χ3n) is 4.93. The molecule has 0 heterocycles. The van der Waals surface area contributed by atoms with E-state index in [0.29, 0.717) is 6.42 Å². The molecule has 0 spiro atoms. The average Bonchev–Trinajstić information content (AvgIpc) is 2.83.